The number of hydrogen-bond acceptors (Lipinski definition) is 2. The molecule has 0 aliphatic rings. The summed E-state index contributed by atoms with van der Waals surface area (Å²) in [6.07, 6.45) is -2.06. The van der Waals surface area contributed by atoms with Crippen molar-refractivity contribution in [2.45, 2.75) is 12.8 Å². The van der Waals surface area contributed by atoms with E-state index in [1.807, 2.05) is 6.07 Å². The van der Waals surface area contributed by atoms with Gasteiger partial charge in [-0.05, 0) is 12.0 Å². The van der Waals surface area contributed by atoms with Crippen molar-refractivity contribution in [3.8, 4) is 0 Å². The first-order chi connectivity index (χ1) is 6.66. The van der Waals surface area contributed by atoms with Gasteiger partial charge in [0.15, 0.2) is 0 Å². The zero-order valence-electron chi connectivity index (χ0n) is 8.86. The third-order valence-corrected chi connectivity index (χ3v) is 1.41. The highest BCUT2D eigenvalue weighted by Crippen LogP contribution is 2.02. The predicted molar refractivity (Wildman–Crippen MR) is 46.8 cm³/mol. The second-order valence-electron chi connectivity index (χ2n) is 2.27. The first kappa shape index (κ1) is 6.23. The average Bonchev–Trinajstić information content (AvgIpc) is 2.27. The highest BCUT2D eigenvalue weighted by Gasteiger charge is 1.99. The van der Waals surface area contributed by atoms with Crippen LogP contribution in [0.1, 0.15) is 14.7 Å². The van der Waals surface area contributed by atoms with E-state index in [0.717, 1.165) is 0 Å². The SMILES string of the molecule is [2H][C@H](C(=O)OC)[C@H]([2H])c1ccccc1. The molecule has 2 heteroatoms. The summed E-state index contributed by atoms with van der Waals surface area (Å²) < 4.78 is 19.5. The number of hydrogen-bond donors (Lipinski definition) is 0. The second-order valence-corrected chi connectivity index (χ2v) is 2.27. The maximum Gasteiger partial charge on any atom is 0.305 e. The van der Waals surface area contributed by atoms with Gasteiger partial charge in [0.1, 0.15) is 0 Å². The van der Waals surface area contributed by atoms with E-state index in [2.05, 4.69) is 4.74 Å². The van der Waals surface area contributed by atoms with Gasteiger partial charge in [-0.2, -0.15) is 0 Å². The van der Waals surface area contributed by atoms with Gasteiger partial charge in [-0.15, -0.1) is 0 Å². The Morgan fingerprint density at radius 2 is 2.17 bits per heavy atom. The van der Waals surface area contributed by atoms with Crippen molar-refractivity contribution in [2.24, 2.45) is 0 Å². The quantitative estimate of drug-likeness (QED) is 0.640. The van der Waals surface area contributed by atoms with Crippen molar-refractivity contribution in [2.75, 3.05) is 7.11 Å². The lowest BCUT2D eigenvalue weighted by atomic mass is 10.1. The fourth-order valence-corrected chi connectivity index (χ4v) is 0.796. The van der Waals surface area contributed by atoms with E-state index in [9.17, 15) is 4.79 Å². The molecule has 1 rings (SSSR count). The zero-order valence-corrected chi connectivity index (χ0v) is 6.86. The highest BCUT2D eigenvalue weighted by molar-refractivity contribution is 5.69. The van der Waals surface area contributed by atoms with E-state index in [-0.39, 0.29) is 0 Å². The van der Waals surface area contributed by atoms with Crippen molar-refractivity contribution < 1.29 is 12.3 Å². The molecule has 0 radical (unpaired) electrons. The predicted octanol–water partition coefficient (Wildman–Crippen LogP) is 1.79. The third-order valence-electron chi connectivity index (χ3n) is 1.41. The molecule has 12 heavy (non-hydrogen) atoms. The van der Waals surface area contributed by atoms with E-state index in [4.69, 9.17) is 2.74 Å². The van der Waals surface area contributed by atoms with Crippen molar-refractivity contribution >= 4 is 5.97 Å². The van der Waals surface area contributed by atoms with Gasteiger partial charge < -0.3 is 4.74 Å². The molecule has 0 fully saturated rings. The summed E-state index contributed by atoms with van der Waals surface area (Å²) >= 11 is 0. The monoisotopic (exact) mass is 166 g/mol. The van der Waals surface area contributed by atoms with Crippen molar-refractivity contribution in [3.05, 3.63) is 35.9 Å². The van der Waals surface area contributed by atoms with Gasteiger partial charge in [0.25, 0.3) is 0 Å². The molecule has 64 valence electrons. The lowest BCUT2D eigenvalue weighted by molar-refractivity contribution is -0.140. The van der Waals surface area contributed by atoms with Gasteiger partial charge in [-0.1, -0.05) is 30.3 Å². The first-order valence-electron chi connectivity index (χ1n) is 4.79. The number of esters is 1. The molecule has 2 nitrogen and oxygen atoms in total. The fraction of sp³-hybridized carbons (Fsp3) is 0.300. The molecule has 0 spiro atoms. The van der Waals surface area contributed by atoms with E-state index < -0.39 is 18.8 Å². The summed E-state index contributed by atoms with van der Waals surface area (Å²) in [7, 11) is 1.22. The van der Waals surface area contributed by atoms with Gasteiger partial charge >= 0.3 is 5.97 Å². The largest absolute Gasteiger partial charge is 0.469 e. The summed E-state index contributed by atoms with van der Waals surface area (Å²) in [5.74, 6) is -0.672. The van der Waals surface area contributed by atoms with Crippen LogP contribution in [-0.2, 0) is 15.9 Å². The molecule has 0 unspecified atom stereocenters. The molecule has 1 aromatic carbocycles. The molecule has 1 aromatic rings. The maximum atomic E-state index is 11.0. The molecule has 0 aliphatic carbocycles. The summed E-state index contributed by atoms with van der Waals surface area (Å²) in [6.45, 7) is 0. The van der Waals surface area contributed by atoms with E-state index in [0.29, 0.717) is 5.56 Å². The van der Waals surface area contributed by atoms with Crippen LogP contribution in [0.3, 0.4) is 0 Å². The number of carbonyl (C=O) groups is 1. The van der Waals surface area contributed by atoms with Gasteiger partial charge in [-0.25, -0.2) is 0 Å². The summed E-state index contributed by atoms with van der Waals surface area (Å²) in [6, 6.07) is 8.83. The van der Waals surface area contributed by atoms with Crippen LogP contribution >= 0.6 is 0 Å². The number of aryl methyl sites for hydroxylation is 1. The molecule has 0 saturated carbocycles. The molecule has 0 bridgehead atoms. The van der Waals surface area contributed by atoms with Gasteiger partial charge in [0.2, 0.25) is 0 Å². The van der Waals surface area contributed by atoms with Crippen LogP contribution in [0.25, 0.3) is 0 Å². The topological polar surface area (TPSA) is 26.3 Å². The molecule has 0 aliphatic heterocycles. The standard InChI is InChI=1S/C10H12O2/c1-12-10(11)8-7-9-5-3-2-4-6-9/h2-6H,7-8H2,1H3/i7D,8D/t7-,8-/m0/s1. The third kappa shape index (κ3) is 2.74. The number of ether oxygens (including phenoxy) is 1. The molecule has 2 atom stereocenters. The lowest BCUT2D eigenvalue weighted by Gasteiger charge is -1.98. The van der Waals surface area contributed by atoms with Crippen LogP contribution < -0.4 is 0 Å². The Morgan fingerprint density at radius 3 is 2.75 bits per heavy atom. The van der Waals surface area contributed by atoms with Gasteiger partial charge in [0.05, 0.1) is 7.11 Å². The first-order valence-corrected chi connectivity index (χ1v) is 3.64. The summed E-state index contributed by atoms with van der Waals surface area (Å²) in [5.41, 5.74) is 0.651. The minimum Gasteiger partial charge on any atom is -0.469 e. The number of methoxy groups -OCH3 is 1. The van der Waals surface area contributed by atoms with Crippen LogP contribution in [0.2, 0.25) is 0 Å². The van der Waals surface area contributed by atoms with Gasteiger partial charge in [0, 0.05) is 9.14 Å². The van der Waals surface area contributed by atoms with Crippen LogP contribution in [0, 0.1) is 0 Å². The van der Waals surface area contributed by atoms with Crippen molar-refractivity contribution in [1.29, 1.82) is 0 Å². The number of benzene rings is 1. The Kier molecular flexibility index (Phi) is 2.36. The van der Waals surface area contributed by atoms with Crippen molar-refractivity contribution in [1.82, 2.24) is 0 Å². The van der Waals surface area contributed by atoms with Crippen LogP contribution in [0.5, 0.6) is 0 Å². The Morgan fingerprint density at radius 1 is 1.50 bits per heavy atom. The summed E-state index contributed by atoms with van der Waals surface area (Å²) in [4.78, 5) is 11.0. The van der Waals surface area contributed by atoms with Crippen LogP contribution in [0.15, 0.2) is 30.3 Å². The highest BCUT2D eigenvalue weighted by atomic mass is 16.5. The molecule has 0 heterocycles. The minimum atomic E-state index is -1.18. The normalized spacial score (nSPS) is 17.1. The summed E-state index contributed by atoms with van der Waals surface area (Å²) in [5, 5.41) is 0. The Balaban J connectivity index is 2.75. The lowest BCUT2D eigenvalue weighted by Crippen LogP contribution is -2.01. The van der Waals surface area contributed by atoms with Crippen LogP contribution in [-0.4, -0.2) is 13.1 Å². The Bertz CT molecular complexity index is 300. The van der Waals surface area contributed by atoms with E-state index in [1.54, 1.807) is 24.3 Å². The number of carbonyl (C=O) groups excluding carboxylic acids is 1. The molecule has 0 N–H and O–H groups in total. The van der Waals surface area contributed by atoms with Gasteiger partial charge in [-0.3, -0.25) is 4.79 Å². The van der Waals surface area contributed by atoms with Crippen molar-refractivity contribution in [3.63, 3.8) is 0 Å². The molecule has 0 saturated heterocycles. The molecule has 0 amide bonds. The Labute approximate surface area is 75.0 Å². The maximum absolute atomic E-state index is 11.0. The molecular formula is C10H12O2. The zero-order chi connectivity index (χ0) is 10.6. The molecule has 0 aromatic heterocycles. The number of rotatable bonds is 3. The van der Waals surface area contributed by atoms with E-state index in [1.165, 1.54) is 7.11 Å². The van der Waals surface area contributed by atoms with E-state index >= 15 is 0 Å². The smallest absolute Gasteiger partial charge is 0.305 e. The molecular weight excluding hydrogens is 152 g/mol. The second kappa shape index (κ2) is 4.54. The fourth-order valence-electron chi connectivity index (χ4n) is 0.796. The van der Waals surface area contributed by atoms with Crippen LogP contribution in [0.4, 0.5) is 0 Å². The Hall–Kier alpha value is -1.31. The average molecular weight is 166 g/mol. The minimum absolute atomic E-state index is 0.651.